The quantitative estimate of drug-likeness (QED) is 0.518. The van der Waals surface area contributed by atoms with E-state index in [0.717, 1.165) is 6.92 Å². The third-order valence-corrected chi connectivity index (χ3v) is 4.67. The Kier molecular flexibility index (Phi) is 7.40. The van der Waals surface area contributed by atoms with Crippen molar-refractivity contribution in [2.45, 2.75) is 38.4 Å². The van der Waals surface area contributed by atoms with Gasteiger partial charge in [0.2, 0.25) is 11.8 Å². The van der Waals surface area contributed by atoms with Crippen LogP contribution in [0.2, 0.25) is 0 Å². The van der Waals surface area contributed by atoms with Gasteiger partial charge in [-0.3, -0.25) is 14.4 Å². The smallest absolute Gasteiger partial charge is 0.455 e. The summed E-state index contributed by atoms with van der Waals surface area (Å²) in [6.07, 6.45) is -3.87. The maximum absolute atomic E-state index is 13.0. The lowest BCUT2D eigenvalue weighted by atomic mass is 9.97. The highest BCUT2D eigenvalue weighted by Gasteiger charge is 2.57. The average Bonchev–Trinajstić information content (AvgIpc) is 2.70. The second kappa shape index (κ2) is 9.44. The van der Waals surface area contributed by atoms with E-state index in [1.807, 2.05) is 0 Å². The Morgan fingerprint density at radius 1 is 1.16 bits per heavy atom. The molecular weight excluding hydrogens is 427 g/mol. The number of carbonyl (C=O) groups is 3. The Balaban J connectivity index is 2.07. The number of amides is 2. The van der Waals surface area contributed by atoms with Crippen molar-refractivity contribution in [1.82, 2.24) is 10.6 Å². The summed E-state index contributed by atoms with van der Waals surface area (Å²) >= 11 is 0. The van der Waals surface area contributed by atoms with Gasteiger partial charge in [0.1, 0.15) is 24.3 Å². The Labute approximate surface area is 174 Å². The normalized spacial score (nSPS) is 18.0. The summed E-state index contributed by atoms with van der Waals surface area (Å²) in [5.41, 5.74) is 1.07. The molecular formula is C20H21F5N2O4. The molecule has 31 heavy (non-hydrogen) atoms. The molecule has 170 valence electrons. The summed E-state index contributed by atoms with van der Waals surface area (Å²) in [5.74, 6) is -9.10. The van der Waals surface area contributed by atoms with Crippen molar-refractivity contribution in [2.75, 3.05) is 13.2 Å². The van der Waals surface area contributed by atoms with Crippen LogP contribution >= 0.6 is 0 Å². The lowest BCUT2D eigenvalue weighted by Crippen LogP contribution is -2.52. The molecule has 0 saturated heterocycles. The van der Waals surface area contributed by atoms with Crippen LogP contribution in [0.3, 0.4) is 0 Å². The highest BCUT2D eigenvalue weighted by Crippen LogP contribution is 2.34. The Morgan fingerprint density at radius 2 is 1.81 bits per heavy atom. The van der Waals surface area contributed by atoms with Crippen molar-refractivity contribution in [3.05, 3.63) is 35.4 Å². The molecule has 0 aliphatic carbocycles. The molecule has 2 rings (SSSR count). The summed E-state index contributed by atoms with van der Waals surface area (Å²) in [5, 5.41) is 3.73. The molecule has 0 fully saturated rings. The van der Waals surface area contributed by atoms with Gasteiger partial charge in [0.15, 0.2) is 5.78 Å². The van der Waals surface area contributed by atoms with Gasteiger partial charge in [0.25, 0.3) is 0 Å². The molecule has 2 amide bonds. The fourth-order valence-electron chi connectivity index (χ4n) is 2.71. The molecule has 1 unspecified atom stereocenters. The fourth-order valence-corrected chi connectivity index (χ4v) is 2.71. The number of hydrogen-bond acceptors (Lipinski definition) is 4. The number of rotatable bonds is 6. The molecule has 1 heterocycles. The van der Waals surface area contributed by atoms with Crippen LogP contribution in [0.4, 0.5) is 22.0 Å². The first kappa shape index (κ1) is 24.3. The minimum atomic E-state index is -5.84. The number of ether oxygens (including phenoxy) is 1. The average molecular weight is 448 g/mol. The van der Waals surface area contributed by atoms with E-state index in [4.69, 9.17) is 4.74 Å². The van der Waals surface area contributed by atoms with Crippen molar-refractivity contribution >= 4 is 23.7 Å². The van der Waals surface area contributed by atoms with Gasteiger partial charge in [-0.2, -0.15) is 22.0 Å². The number of carbonyl (C=O) groups excluding carboxylic acids is 3. The Bertz CT molecular complexity index is 883. The molecule has 0 aromatic heterocycles. The molecule has 11 heteroatoms. The fraction of sp³-hybridized carbons (Fsp3) is 0.450. The summed E-state index contributed by atoms with van der Waals surface area (Å²) in [4.78, 5) is 37.0. The van der Waals surface area contributed by atoms with E-state index in [1.54, 1.807) is 37.3 Å². The van der Waals surface area contributed by atoms with E-state index in [-0.39, 0.29) is 6.61 Å². The highest BCUT2D eigenvalue weighted by atomic mass is 19.4. The largest absolute Gasteiger partial charge is 0.490 e. The van der Waals surface area contributed by atoms with Crippen molar-refractivity contribution in [3.8, 4) is 5.75 Å². The van der Waals surface area contributed by atoms with E-state index in [2.05, 4.69) is 5.32 Å². The lowest BCUT2D eigenvalue weighted by molar-refractivity contribution is -0.278. The van der Waals surface area contributed by atoms with E-state index < -0.39 is 48.2 Å². The molecule has 2 N–H and O–H groups in total. The Hall–Kier alpha value is -2.98. The van der Waals surface area contributed by atoms with Gasteiger partial charge in [0, 0.05) is 5.56 Å². The summed E-state index contributed by atoms with van der Waals surface area (Å²) in [7, 11) is 0. The van der Waals surface area contributed by atoms with E-state index in [9.17, 15) is 36.3 Å². The van der Waals surface area contributed by atoms with Crippen LogP contribution in [0.1, 0.15) is 25.8 Å². The first-order chi connectivity index (χ1) is 14.4. The van der Waals surface area contributed by atoms with Gasteiger partial charge < -0.3 is 15.4 Å². The minimum Gasteiger partial charge on any atom is -0.490 e. The van der Waals surface area contributed by atoms with Crippen LogP contribution in [0.15, 0.2) is 29.8 Å². The Morgan fingerprint density at radius 3 is 2.42 bits per heavy atom. The van der Waals surface area contributed by atoms with Crippen molar-refractivity contribution in [2.24, 2.45) is 5.92 Å². The molecule has 1 aliphatic rings. The predicted molar refractivity (Wildman–Crippen MR) is 100 cm³/mol. The number of nitrogens with one attached hydrogen (secondary N) is 2. The number of fused-ring (bicyclic) bond motifs is 1. The number of para-hydroxylation sites is 1. The van der Waals surface area contributed by atoms with Crippen LogP contribution < -0.4 is 15.4 Å². The third kappa shape index (κ3) is 5.80. The first-order valence-electron chi connectivity index (χ1n) is 9.36. The van der Waals surface area contributed by atoms with E-state index in [0.29, 0.717) is 23.3 Å². The number of alkyl halides is 5. The van der Waals surface area contributed by atoms with Crippen LogP contribution in [0.25, 0.3) is 6.08 Å². The zero-order valence-electron chi connectivity index (χ0n) is 16.7. The zero-order valence-corrected chi connectivity index (χ0v) is 16.7. The second-order valence-corrected chi connectivity index (χ2v) is 6.94. The number of halogens is 5. The lowest BCUT2D eigenvalue weighted by Gasteiger charge is -2.24. The molecule has 1 aromatic carbocycles. The van der Waals surface area contributed by atoms with Gasteiger partial charge >= 0.3 is 12.1 Å². The SMILES string of the molecule is CCC1=Cc2ccccc2OC[C@H](NC(=O)C(C)C(=O)NCC(F)(F)C(F)(F)F)C1=O. The molecule has 2 atom stereocenters. The van der Waals surface area contributed by atoms with Gasteiger partial charge in [0.05, 0.1) is 6.54 Å². The third-order valence-electron chi connectivity index (χ3n) is 4.67. The molecule has 1 aliphatic heterocycles. The van der Waals surface area contributed by atoms with Crippen molar-refractivity contribution in [1.29, 1.82) is 0 Å². The second-order valence-electron chi connectivity index (χ2n) is 6.94. The molecule has 0 saturated carbocycles. The van der Waals surface area contributed by atoms with Crippen LogP contribution in [-0.2, 0) is 14.4 Å². The molecule has 0 radical (unpaired) electrons. The number of hydrogen-bond donors (Lipinski definition) is 2. The maximum atomic E-state index is 13.0. The first-order valence-corrected chi connectivity index (χ1v) is 9.36. The molecule has 0 spiro atoms. The van der Waals surface area contributed by atoms with Gasteiger partial charge in [-0.15, -0.1) is 0 Å². The van der Waals surface area contributed by atoms with Crippen LogP contribution in [-0.4, -0.2) is 48.9 Å². The monoisotopic (exact) mass is 448 g/mol. The summed E-state index contributed by atoms with van der Waals surface area (Å²) < 4.78 is 68.1. The zero-order chi connectivity index (χ0) is 23.4. The van der Waals surface area contributed by atoms with E-state index in [1.165, 1.54) is 5.32 Å². The number of benzene rings is 1. The highest BCUT2D eigenvalue weighted by molar-refractivity contribution is 6.07. The van der Waals surface area contributed by atoms with E-state index >= 15 is 0 Å². The number of ketones is 1. The summed E-state index contributed by atoms with van der Waals surface area (Å²) in [6.45, 7) is 0.512. The van der Waals surface area contributed by atoms with Gasteiger partial charge in [-0.1, -0.05) is 25.1 Å². The van der Waals surface area contributed by atoms with Gasteiger partial charge in [-0.25, -0.2) is 0 Å². The summed E-state index contributed by atoms with van der Waals surface area (Å²) in [6, 6.07) is 5.74. The van der Waals surface area contributed by atoms with Crippen LogP contribution in [0, 0.1) is 5.92 Å². The minimum absolute atomic E-state index is 0.251. The predicted octanol–water partition coefficient (Wildman–Crippen LogP) is 2.88. The van der Waals surface area contributed by atoms with Crippen molar-refractivity contribution < 1.29 is 41.1 Å². The van der Waals surface area contributed by atoms with Crippen molar-refractivity contribution in [3.63, 3.8) is 0 Å². The molecule has 1 aromatic rings. The van der Waals surface area contributed by atoms with Gasteiger partial charge in [-0.05, 0) is 31.1 Å². The topological polar surface area (TPSA) is 84.5 Å². The number of Topliss-reactive ketones (excluding diaryl/α,β-unsaturated/α-hetero) is 1. The molecule has 6 nitrogen and oxygen atoms in total. The maximum Gasteiger partial charge on any atom is 0.455 e. The van der Waals surface area contributed by atoms with Crippen LogP contribution in [0.5, 0.6) is 5.75 Å². The molecule has 0 bridgehead atoms. The standard InChI is InChI=1S/C20H21F5N2O4/c1-3-12-8-13-6-4-5-7-15(13)31-9-14(16(12)28)27-18(30)11(2)17(29)26-10-19(21,22)20(23,24)25/h4-8,11,14H,3,9-10H2,1-2H3,(H,26,29)(H,27,30)/t11?,14-/m0/s1.